The van der Waals surface area contributed by atoms with Crippen LogP contribution in [0.3, 0.4) is 0 Å². The van der Waals surface area contributed by atoms with Crippen molar-refractivity contribution < 1.29 is 14.7 Å². The van der Waals surface area contributed by atoms with Crippen LogP contribution in [0, 0.1) is 0 Å². The van der Waals surface area contributed by atoms with Gasteiger partial charge in [-0.25, -0.2) is 0 Å². The van der Waals surface area contributed by atoms with Crippen LogP contribution in [0.1, 0.15) is 22.0 Å². The fourth-order valence-electron chi connectivity index (χ4n) is 4.18. The van der Waals surface area contributed by atoms with E-state index in [9.17, 15) is 14.7 Å². The number of rotatable bonds is 4. The van der Waals surface area contributed by atoms with Crippen LogP contribution >= 0.6 is 22.9 Å². The third kappa shape index (κ3) is 3.49. The summed E-state index contributed by atoms with van der Waals surface area (Å²) in [6.07, 6.45) is 0. The molecule has 6 heteroatoms. The molecular weight excluding hydrogens is 442 g/mol. The topological polar surface area (TPSA) is 57.6 Å². The molecule has 1 amide bonds. The maximum absolute atomic E-state index is 13.2. The molecule has 1 saturated heterocycles. The Hall–Kier alpha value is -3.41. The number of hydrogen-bond donors (Lipinski definition) is 1. The van der Waals surface area contributed by atoms with Gasteiger partial charge in [0.15, 0.2) is 0 Å². The van der Waals surface area contributed by atoms with E-state index in [0.29, 0.717) is 16.1 Å². The molecule has 3 aromatic carbocycles. The molecule has 32 heavy (non-hydrogen) atoms. The van der Waals surface area contributed by atoms with Crippen molar-refractivity contribution in [2.24, 2.45) is 0 Å². The highest BCUT2D eigenvalue weighted by Gasteiger charge is 2.46. The minimum absolute atomic E-state index is 0.0882. The van der Waals surface area contributed by atoms with Gasteiger partial charge in [-0.15, -0.1) is 11.3 Å². The van der Waals surface area contributed by atoms with Gasteiger partial charge >= 0.3 is 0 Å². The van der Waals surface area contributed by atoms with Gasteiger partial charge < -0.3 is 10.0 Å². The average molecular weight is 460 g/mol. The van der Waals surface area contributed by atoms with Crippen molar-refractivity contribution in [3.05, 3.63) is 111 Å². The normalized spacial score (nSPS) is 17.9. The SMILES string of the molecule is O=C1C(=O)N(Cc2cccs2)C(c2ccc(Cl)cc2)/C1=C(/O)c1cccc2ccccc12. The lowest BCUT2D eigenvalue weighted by Crippen LogP contribution is -2.28. The number of ketones is 1. The molecule has 1 atom stereocenters. The number of nitrogens with zero attached hydrogens (tertiary/aromatic N) is 1. The van der Waals surface area contributed by atoms with E-state index in [1.165, 1.54) is 16.2 Å². The van der Waals surface area contributed by atoms with Crippen LogP contribution in [-0.2, 0) is 16.1 Å². The number of hydrogen-bond acceptors (Lipinski definition) is 4. The van der Waals surface area contributed by atoms with Crippen LogP contribution in [0.4, 0.5) is 0 Å². The fourth-order valence-corrected chi connectivity index (χ4v) is 5.01. The Morgan fingerprint density at radius 1 is 0.938 bits per heavy atom. The van der Waals surface area contributed by atoms with E-state index in [1.54, 1.807) is 30.3 Å². The second kappa shape index (κ2) is 8.26. The summed E-state index contributed by atoms with van der Waals surface area (Å²) in [6, 6.07) is 23.3. The number of aliphatic hydroxyl groups is 1. The van der Waals surface area contributed by atoms with Crippen molar-refractivity contribution in [1.82, 2.24) is 4.90 Å². The van der Waals surface area contributed by atoms with Crippen molar-refractivity contribution in [2.45, 2.75) is 12.6 Å². The number of carbonyl (C=O) groups is 2. The van der Waals surface area contributed by atoms with Crippen LogP contribution in [0.5, 0.6) is 0 Å². The molecule has 4 aromatic rings. The lowest BCUT2D eigenvalue weighted by Gasteiger charge is -2.25. The van der Waals surface area contributed by atoms with Gasteiger partial charge in [-0.05, 0) is 39.9 Å². The van der Waals surface area contributed by atoms with Crippen molar-refractivity contribution in [3.63, 3.8) is 0 Å². The van der Waals surface area contributed by atoms with E-state index < -0.39 is 17.7 Å². The van der Waals surface area contributed by atoms with Gasteiger partial charge in [0.25, 0.3) is 11.7 Å². The van der Waals surface area contributed by atoms with Crippen LogP contribution in [0.25, 0.3) is 16.5 Å². The fraction of sp³-hybridized carbons (Fsp3) is 0.0769. The van der Waals surface area contributed by atoms with Crippen LogP contribution in [0.2, 0.25) is 5.02 Å². The van der Waals surface area contributed by atoms with Crippen LogP contribution in [0.15, 0.2) is 89.8 Å². The molecule has 2 heterocycles. The molecule has 1 N–H and O–H groups in total. The molecule has 1 aliphatic rings. The third-order valence-electron chi connectivity index (χ3n) is 5.68. The first-order valence-corrected chi connectivity index (χ1v) is 11.3. The van der Waals surface area contributed by atoms with Crippen molar-refractivity contribution in [1.29, 1.82) is 0 Å². The van der Waals surface area contributed by atoms with E-state index in [0.717, 1.165) is 15.6 Å². The average Bonchev–Trinajstić information content (AvgIpc) is 3.41. The number of likely N-dealkylation sites (tertiary alicyclic amines) is 1. The minimum Gasteiger partial charge on any atom is -0.507 e. The molecule has 0 spiro atoms. The Morgan fingerprint density at radius 3 is 2.44 bits per heavy atom. The molecular formula is C26H18ClNO3S. The number of amides is 1. The van der Waals surface area contributed by atoms with Crippen molar-refractivity contribution >= 4 is 51.2 Å². The van der Waals surface area contributed by atoms with Crippen LogP contribution < -0.4 is 0 Å². The molecule has 0 aliphatic carbocycles. The molecule has 0 saturated carbocycles. The van der Waals surface area contributed by atoms with Gasteiger partial charge in [0.05, 0.1) is 18.2 Å². The highest BCUT2D eigenvalue weighted by atomic mass is 35.5. The highest BCUT2D eigenvalue weighted by Crippen LogP contribution is 2.41. The number of benzene rings is 3. The standard InChI is InChI=1S/C26H18ClNO3S/c27-18-12-10-17(11-13-18)23-22(25(30)26(31)28(23)15-19-7-4-14-32-19)24(29)21-9-3-6-16-5-1-2-8-20(16)21/h1-14,23,29H,15H2/b24-22-. The Labute approximate surface area is 194 Å². The first kappa shape index (κ1) is 20.5. The van der Waals surface area contributed by atoms with E-state index in [2.05, 4.69) is 0 Å². The van der Waals surface area contributed by atoms with Crippen LogP contribution in [-0.4, -0.2) is 21.7 Å². The zero-order chi connectivity index (χ0) is 22.2. The third-order valence-corrected chi connectivity index (χ3v) is 6.79. The number of thiophene rings is 1. The second-order valence-electron chi connectivity index (χ2n) is 7.58. The van der Waals surface area contributed by atoms with Gasteiger partial charge in [-0.3, -0.25) is 9.59 Å². The number of carbonyl (C=O) groups excluding carboxylic acids is 2. The molecule has 1 fully saturated rings. The lowest BCUT2D eigenvalue weighted by atomic mass is 9.93. The van der Waals surface area contributed by atoms with Crippen molar-refractivity contribution in [3.8, 4) is 0 Å². The monoisotopic (exact) mass is 459 g/mol. The number of Topliss-reactive ketones (excluding diaryl/α,β-unsaturated/α-hetero) is 1. The molecule has 5 rings (SSSR count). The van der Waals surface area contributed by atoms with Gasteiger partial charge in [0.1, 0.15) is 5.76 Å². The summed E-state index contributed by atoms with van der Waals surface area (Å²) in [7, 11) is 0. The Kier molecular flexibility index (Phi) is 5.29. The second-order valence-corrected chi connectivity index (χ2v) is 9.05. The number of halogens is 1. The smallest absolute Gasteiger partial charge is 0.295 e. The Balaban J connectivity index is 1.71. The zero-order valence-corrected chi connectivity index (χ0v) is 18.4. The maximum atomic E-state index is 13.2. The summed E-state index contributed by atoms with van der Waals surface area (Å²) in [5, 5.41) is 15.6. The van der Waals surface area contributed by atoms with Gasteiger partial charge in [-0.2, -0.15) is 0 Å². The predicted molar refractivity (Wildman–Crippen MR) is 128 cm³/mol. The largest absolute Gasteiger partial charge is 0.507 e. The number of fused-ring (bicyclic) bond motifs is 1. The molecule has 1 aliphatic heterocycles. The maximum Gasteiger partial charge on any atom is 0.295 e. The van der Waals surface area contributed by atoms with Gasteiger partial charge in [-0.1, -0.05) is 72.3 Å². The van der Waals surface area contributed by atoms with Gasteiger partial charge in [0.2, 0.25) is 0 Å². The van der Waals surface area contributed by atoms with E-state index >= 15 is 0 Å². The minimum atomic E-state index is -0.715. The summed E-state index contributed by atoms with van der Waals surface area (Å²) < 4.78 is 0. The quantitative estimate of drug-likeness (QED) is 0.225. The lowest BCUT2D eigenvalue weighted by molar-refractivity contribution is -0.140. The molecule has 0 bridgehead atoms. The van der Waals surface area contributed by atoms with E-state index in [1.807, 2.05) is 53.9 Å². The first-order valence-electron chi connectivity index (χ1n) is 10.1. The molecule has 1 aromatic heterocycles. The predicted octanol–water partition coefficient (Wildman–Crippen LogP) is 6.18. The first-order chi connectivity index (χ1) is 15.5. The summed E-state index contributed by atoms with van der Waals surface area (Å²) >= 11 is 7.60. The summed E-state index contributed by atoms with van der Waals surface area (Å²) in [6.45, 7) is 0.280. The number of aliphatic hydroxyl groups excluding tert-OH is 1. The van der Waals surface area contributed by atoms with Gasteiger partial charge in [0, 0.05) is 15.5 Å². The highest BCUT2D eigenvalue weighted by molar-refractivity contribution is 7.09. The summed E-state index contributed by atoms with van der Waals surface area (Å²) in [5.41, 5.74) is 1.33. The Bertz CT molecular complexity index is 1350. The molecule has 1 unspecified atom stereocenters. The van der Waals surface area contributed by atoms with E-state index in [4.69, 9.17) is 11.6 Å². The Morgan fingerprint density at radius 2 is 1.69 bits per heavy atom. The summed E-state index contributed by atoms with van der Waals surface area (Å²) in [5.74, 6) is -1.49. The molecule has 4 nitrogen and oxygen atoms in total. The molecule has 0 radical (unpaired) electrons. The van der Waals surface area contributed by atoms with Crippen molar-refractivity contribution in [2.75, 3.05) is 0 Å². The summed E-state index contributed by atoms with van der Waals surface area (Å²) in [4.78, 5) is 28.8. The zero-order valence-electron chi connectivity index (χ0n) is 16.9. The molecule has 158 valence electrons. The van der Waals surface area contributed by atoms with E-state index in [-0.39, 0.29) is 17.9 Å².